The minimum atomic E-state index is -0.970. The molecule has 1 aromatic heterocycles. The van der Waals surface area contributed by atoms with Gasteiger partial charge in [0.25, 0.3) is 0 Å². The summed E-state index contributed by atoms with van der Waals surface area (Å²) in [6.45, 7) is 0. The summed E-state index contributed by atoms with van der Waals surface area (Å²) in [5.41, 5.74) is 0.844. The van der Waals surface area contributed by atoms with Crippen LogP contribution in [0.5, 0.6) is 0 Å². The van der Waals surface area contributed by atoms with Gasteiger partial charge in [0.15, 0.2) is 0 Å². The van der Waals surface area contributed by atoms with Crippen molar-refractivity contribution in [2.45, 2.75) is 0 Å². The molecule has 2 rings (SSSR count). The lowest BCUT2D eigenvalue weighted by Gasteiger charge is -2.02. The summed E-state index contributed by atoms with van der Waals surface area (Å²) in [7, 11) is 0. The van der Waals surface area contributed by atoms with Gasteiger partial charge in [0.2, 0.25) is 0 Å². The zero-order valence-corrected chi connectivity index (χ0v) is 9.49. The first kappa shape index (κ1) is 10.0. The second-order valence-electron chi connectivity index (χ2n) is 2.76. The van der Waals surface area contributed by atoms with Gasteiger partial charge in [0, 0.05) is 3.57 Å². The summed E-state index contributed by atoms with van der Waals surface area (Å²) < 4.78 is 2.23. The van der Waals surface area contributed by atoms with E-state index in [1.807, 2.05) is 22.6 Å². The average molecular weight is 316 g/mol. The monoisotopic (exact) mass is 316 g/mol. The fourth-order valence-corrected chi connectivity index (χ4v) is 1.76. The molecular formula is C8H5IN4O2. The van der Waals surface area contributed by atoms with Crippen LogP contribution in [0.4, 0.5) is 0 Å². The molecule has 1 heterocycles. The van der Waals surface area contributed by atoms with Crippen LogP contribution in [0.15, 0.2) is 24.5 Å². The molecule has 0 saturated heterocycles. The summed E-state index contributed by atoms with van der Waals surface area (Å²) in [6.07, 6.45) is 1.41. The standard InChI is InChI=1S/C8H5IN4O2/c9-6-1-5(8(14)15)2-7(3-6)13-4-10-11-12-13/h1-4H,(H,14,15). The molecule has 0 bridgehead atoms. The first-order valence-electron chi connectivity index (χ1n) is 3.94. The Hall–Kier alpha value is -1.51. The SMILES string of the molecule is O=C(O)c1cc(I)cc(-n2cnnn2)c1. The zero-order chi connectivity index (χ0) is 10.8. The van der Waals surface area contributed by atoms with Crippen molar-refractivity contribution in [2.24, 2.45) is 0 Å². The van der Waals surface area contributed by atoms with Crippen LogP contribution < -0.4 is 0 Å². The molecule has 0 unspecified atom stereocenters. The molecule has 0 amide bonds. The molecule has 0 aliphatic carbocycles. The van der Waals surface area contributed by atoms with Gasteiger partial charge in [-0.2, -0.15) is 0 Å². The summed E-state index contributed by atoms with van der Waals surface area (Å²) >= 11 is 2.04. The number of hydrogen-bond donors (Lipinski definition) is 1. The Morgan fingerprint density at radius 2 is 2.20 bits per heavy atom. The molecule has 1 aromatic carbocycles. The average Bonchev–Trinajstić information content (AvgIpc) is 2.69. The molecule has 0 aliphatic heterocycles. The zero-order valence-electron chi connectivity index (χ0n) is 7.33. The van der Waals surface area contributed by atoms with Crippen LogP contribution in [0, 0.1) is 3.57 Å². The smallest absolute Gasteiger partial charge is 0.335 e. The van der Waals surface area contributed by atoms with Crippen LogP contribution in [0.3, 0.4) is 0 Å². The molecule has 0 fully saturated rings. The molecule has 0 aliphatic rings. The van der Waals surface area contributed by atoms with Gasteiger partial charge < -0.3 is 5.11 Å². The third kappa shape index (κ3) is 2.12. The predicted molar refractivity (Wildman–Crippen MR) is 58.8 cm³/mol. The van der Waals surface area contributed by atoms with Crippen molar-refractivity contribution < 1.29 is 9.90 Å². The number of carbonyl (C=O) groups is 1. The van der Waals surface area contributed by atoms with Crippen molar-refractivity contribution in [2.75, 3.05) is 0 Å². The molecule has 15 heavy (non-hydrogen) atoms. The molecule has 0 spiro atoms. The number of aromatic nitrogens is 4. The number of hydrogen-bond acceptors (Lipinski definition) is 4. The summed E-state index contributed by atoms with van der Waals surface area (Å²) in [4.78, 5) is 10.8. The molecule has 0 saturated carbocycles. The Labute approximate surface area is 98.1 Å². The van der Waals surface area contributed by atoms with Crippen molar-refractivity contribution in [3.63, 3.8) is 0 Å². The number of rotatable bonds is 2. The van der Waals surface area contributed by atoms with Gasteiger partial charge in [0.1, 0.15) is 6.33 Å². The number of tetrazole rings is 1. The van der Waals surface area contributed by atoms with Crippen LogP contribution in [0.1, 0.15) is 10.4 Å². The summed E-state index contributed by atoms with van der Waals surface area (Å²) in [5.74, 6) is -0.970. The first-order valence-corrected chi connectivity index (χ1v) is 5.02. The van der Waals surface area contributed by atoms with E-state index in [2.05, 4.69) is 15.5 Å². The van der Waals surface area contributed by atoms with Gasteiger partial charge in [-0.15, -0.1) is 5.10 Å². The molecule has 1 N–H and O–H groups in total. The number of carboxylic acid groups (broad SMARTS) is 1. The topological polar surface area (TPSA) is 80.9 Å². The van der Waals surface area contributed by atoms with Crippen molar-refractivity contribution in [3.8, 4) is 5.69 Å². The minimum Gasteiger partial charge on any atom is -0.478 e. The van der Waals surface area contributed by atoms with Gasteiger partial charge >= 0.3 is 5.97 Å². The first-order chi connectivity index (χ1) is 7.16. The van der Waals surface area contributed by atoms with Crippen molar-refractivity contribution in [1.82, 2.24) is 20.2 Å². The van der Waals surface area contributed by atoms with Crippen LogP contribution >= 0.6 is 22.6 Å². The van der Waals surface area contributed by atoms with E-state index in [1.165, 1.54) is 17.1 Å². The lowest BCUT2D eigenvalue weighted by molar-refractivity contribution is 0.0697. The number of halogens is 1. The van der Waals surface area contributed by atoms with E-state index >= 15 is 0 Å². The van der Waals surface area contributed by atoms with Crippen LogP contribution in [0.2, 0.25) is 0 Å². The van der Waals surface area contributed by atoms with E-state index in [0.717, 1.165) is 3.57 Å². The maximum Gasteiger partial charge on any atom is 0.335 e. The lowest BCUT2D eigenvalue weighted by atomic mass is 10.2. The molecular weight excluding hydrogens is 311 g/mol. The summed E-state index contributed by atoms with van der Waals surface area (Å²) in [5, 5.41) is 19.5. The second kappa shape index (κ2) is 3.93. The Morgan fingerprint density at radius 1 is 1.40 bits per heavy atom. The van der Waals surface area contributed by atoms with E-state index in [1.54, 1.807) is 12.1 Å². The Kier molecular flexibility index (Phi) is 2.62. The third-order valence-electron chi connectivity index (χ3n) is 1.74. The summed E-state index contributed by atoms with van der Waals surface area (Å²) in [6, 6.07) is 4.89. The highest BCUT2D eigenvalue weighted by atomic mass is 127. The number of aromatic carboxylic acids is 1. The Balaban J connectivity index is 2.54. The fourth-order valence-electron chi connectivity index (χ4n) is 1.11. The second-order valence-corrected chi connectivity index (χ2v) is 4.00. The maximum absolute atomic E-state index is 10.8. The van der Waals surface area contributed by atoms with Crippen molar-refractivity contribution in [1.29, 1.82) is 0 Å². The van der Waals surface area contributed by atoms with E-state index < -0.39 is 5.97 Å². The predicted octanol–water partition coefficient (Wildman–Crippen LogP) is 0.965. The van der Waals surface area contributed by atoms with Gasteiger partial charge in [-0.05, 0) is 51.2 Å². The van der Waals surface area contributed by atoms with Crippen LogP contribution in [0.25, 0.3) is 5.69 Å². The van der Waals surface area contributed by atoms with E-state index in [4.69, 9.17) is 5.11 Å². The molecule has 0 atom stereocenters. The van der Waals surface area contributed by atoms with Gasteiger partial charge in [0.05, 0.1) is 11.3 Å². The molecule has 7 heteroatoms. The van der Waals surface area contributed by atoms with Crippen LogP contribution in [-0.4, -0.2) is 31.3 Å². The molecule has 2 aromatic rings. The minimum absolute atomic E-state index is 0.215. The quantitative estimate of drug-likeness (QED) is 0.835. The largest absolute Gasteiger partial charge is 0.478 e. The van der Waals surface area contributed by atoms with E-state index in [0.29, 0.717) is 5.69 Å². The molecule has 6 nitrogen and oxygen atoms in total. The van der Waals surface area contributed by atoms with E-state index in [9.17, 15) is 4.79 Å². The Morgan fingerprint density at radius 3 is 2.80 bits per heavy atom. The van der Waals surface area contributed by atoms with E-state index in [-0.39, 0.29) is 5.56 Å². The van der Waals surface area contributed by atoms with Crippen LogP contribution in [-0.2, 0) is 0 Å². The van der Waals surface area contributed by atoms with Gasteiger partial charge in [-0.1, -0.05) is 0 Å². The highest BCUT2D eigenvalue weighted by molar-refractivity contribution is 14.1. The number of benzene rings is 1. The highest BCUT2D eigenvalue weighted by Gasteiger charge is 2.07. The lowest BCUT2D eigenvalue weighted by Crippen LogP contribution is -2.01. The maximum atomic E-state index is 10.8. The third-order valence-corrected chi connectivity index (χ3v) is 2.37. The number of nitrogens with zero attached hydrogens (tertiary/aromatic N) is 4. The fraction of sp³-hybridized carbons (Fsp3) is 0. The number of carboxylic acids is 1. The normalized spacial score (nSPS) is 10.2. The van der Waals surface area contributed by atoms with Crippen molar-refractivity contribution in [3.05, 3.63) is 33.7 Å². The molecule has 0 radical (unpaired) electrons. The Bertz CT molecular complexity index is 497. The van der Waals surface area contributed by atoms with Gasteiger partial charge in [-0.3, -0.25) is 0 Å². The van der Waals surface area contributed by atoms with Gasteiger partial charge in [-0.25, -0.2) is 9.48 Å². The highest BCUT2D eigenvalue weighted by Crippen LogP contribution is 2.15. The van der Waals surface area contributed by atoms with Crippen molar-refractivity contribution >= 4 is 28.6 Å². The molecule has 76 valence electrons.